The number of esters is 1. The van der Waals surface area contributed by atoms with Crippen LogP contribution in [0.2, 0.25) is 0 Å². The van der Waals surface area contributed by atoms with Crippen molar-refractivity contribution in [2.24, 2.45) is 0 Å². The Hall–Kier alpha value is -1.63. The monoisotopic (exact) mass is 349 g/mol. The van der Waals surface area contributed by atoms with E-state index in [4.69, 9.17) is 5.73 Å². The molecule has 2 atom stereocenters. The average molecular weight is 349 g/mol. The molecule has 0 aliphatic heterocycles. The number of benzene rings is 2. The van der Waals surface area contributed by atoms with Crippen LogP contribution in [0.3, 0.4) is 0 Å². The molecule has 0 saturated carbocycles. The molecule has 0 aromatic heterocycles. The van der Waals surface area contributed by atoms with E-state index < -0.39 is 17.3 Å². The largest absolute Gasteiger partial charge is 0.467 e. The molecule has 6 heteroatoms. The molecule has 0 saturated heterocycles. The van der Waals surface area contributed by atoms with Crippen LogP contribution < -0.4 is 5.73 Å². The van der Waals surface area contributed by atoms with Crippen LogP contribution in [-0.4, -0.2) is 30.5 Å². The van der Waals surface area contributed by atoms with Crippen molar-refractivity contribution in [2.75, 3.05) is 19.1 Å². The van der Waals surface area contributed by atoms with Crippen molar-refractivity contribution >= 4 is 35.2 Å². The zero-order valence-electron chi connectivity index (χ0n) is 12.9. The first-order valence-corrected chi connectivity index (χ1v) is 9.08. The first-order valence-electron chi connectivity index (χ1n) is 6.97. The van der Waals surface area contributed by atoms with Crippen molar-refractivity contribution in [1.82, 2.24) is 0 Å². The quantitative estimate of drug-likeness (QED) is 0.473. The number of para-hydroxylation sites is 1. The summed E-state index contributed by atoms with van der Waals surface area (Å²) in [4.78, 5) is 13.7. The van der Waals surface area contributed by atoms with Gasteiger partial charge in [-0.25, -0.2) is 4.79 Å². The highest BCUT2D eigenvalue weighted by molar-refractivity contribution is 7.99. The second-order valence-electron chi connectivity index (χ2n) is 4.82. The molecule has 0 amide bonds. The van der Waals surface area contributed by atoms with Crippen molar-refractivity contribution < 1.29 is 14.6 Å². The third-order valence-electron chi connectivity index (χ3n) is 3.35. The Kier molecular flexibility index (Phi) is 6.38. The van der Waals surface area contributed by atoms with Crippen LogP contribution in [0.15, 0.2) is 58.3 Å². The van der Waals surface area contributed by atoms with Crippen LogP contribution in [0.25, 0.3) is 0 Å². The Morgan fingerprint density at radius 1 is 1.17 bits per heavy atom. The number of anilines is 1. The fraction of sp³-hybridized carbons (Fsp3) is 0.235. The van der Waals surface area contributed by atoms with Gasteiger partial charge in [0.15, 0.2) is 6.10 Å². The molecular weight excluding hydrogens is 330 g/mol. The highest BCUT2D eigenvalue weighted by atomic mass is 32.2. The van der Waals surface area contributed by atoms with Crippen LogP contribution in [-0.2, 0) is 9.53 Å². The summed E-state index contributed by atoms with van der Waals surface area (Å²) in [6, 6.07) is 15.1. The number of nitrogens with two attached hydrogens (primary N) is 1. The van der Waals surface area contributed by atoms with E-state index in [0.29, 0.717) is 5.69 Å². The number of rotatable bonds is 6. The molecule has 0 aliphatic rings. The van der Waals surface area contributed by atoms with Gasteiger partial charge in [-0.2, -0.15) is 0 Å². The number of hydrogen-bond acceptors (Lipinski definition) is 6. The van der Waals surface area contributed by atoms with Crippen molar-refractivity contribution in [3.63, 3.8) is 0 Å². The van der Waals surface area contributed by atoms with E-state index in [1.807, 2.05) is 48.7 Å². The highest BCUT2D eigenvalue weighted by Gasteiger charge is 2.30. The normalized spacial score (nSPS) is 13.3. The third kappa shape index (κ3) is 4.43. The Bertz CT molecular complexity index is 661. The van der Waals surface area contributed by atoms with Crippen LogP contribution in [0.5, 0.6) is 0 Å². The van der Waals surface area contributed by atoms with Gasteiger partial charge in [0.1, 0.15) is 0 Å². The molecule has 2 unspecified atom stereocenters. The second-order valence-corrected chi connectivity index (χ2v) is 6.88. The van der Waals surface area contributed by atoms with Gasteiger partial charge in [-0.3, -0.25) is 0 Å². The van der Waals surface area contributed by atoms with E-state index in [9.17, 15) is 9.90 Å². The van der Waals surface area contributed by atoms with Gasteiger partial charge in [0.25, 0.3) is 0 Å². The number of methoxy groups -OCH3 is 1. The van der Waals surface area contributed by atoms with Crippen molar-refractivity contribution in [1.29, 1.82) is 0 Å². The van der Waals surface area contributed by atoms with Crippen molar-refractivity contribution in [3.05, 3.63) is 54.1 Å². The number of aliphatic hydroxyl groups is 1. The molecule has 0 heterocycles. The lowest BCUT2D eigenvalue weighted by molar-refractivity contribution is -0.150. The number of aliphatic hydroxyl groups excluding tert-OH is 1. The topological polar surface area (TPSA) is 72.5 Å². The molecule has 0 radical (unpaired) electrons. The van der Waals surface area contributed by atoms with Gasteiger partial charge < -0.3 is 15.6 Å². The number of hydrogen-bond donors (Lipinski definition) is 2. The first-order chi connectivity index (χ1) is 11.1. The maximum atomic E-state index is 11.8. The van der Waals surface area contributed by atoms with E-state index in [2.05, 4.69) is 4.74 Å². The Morgan fingerprint density at radius 2 is 1.83 bits per heavy atom. The van der Waals surface area contributed by atoms with E-state index in [-0.39, 0.29) is 0 Å². The smallest absolute Gasteiger partial charge is 0.336 e. The lowest BCUT2D eigenvalue weighted by atomic mass is 10.1. The fourth-order valence-corrected chi connectivity index (χ4v) is 3.65. The molecule has 3 N–H and O–H groups in total. The van der Waals surface area contributed by atoms with E-state index in [1.54, 1.807) is 17.8 Å². The summed E-state index contributed by atoms with van der Waals surface area (Å²) in [7, 11) is 1.26. The van der Waals surface area contributed by atoms with Gasteiger partial charge >= 0.3 is 5.97 Å². The Morgan fingerprint density at radius 3 is 2.39 bits per heavy atom. The van der Waals surface area contributed by atoms with Gasteiger partial charge in [-0.1, -0.05) is 24.3 Å². The fourth-order valence-electron chi connectivity index (χ4n) is 2.08. The van der Waals surface area contributed by atoms with Gasteiger partial charge in [0, 0.05) is 15.5 Å². The summed E-state index contributed by atoms with van der Waals surface area (Å²) < 4.78 is 4.69. The number of nitrogen functional groups attached to an aromatic ring is 1. The predicted molar refractivity (Wildman–Crippen MR) is 95.7 cm³/mol. The number of thioether (sulfide) groups is 2. The van der Waals surface area contributed by atoms with Gasteiger partial charge in [-0.05, 0) is 36.1 Å². The second kappa shape index (κ2) is 8.29. The summed E-state index contributed by atoms with van der Waals surface area (Å²) in [6.45, 7) is 0. The zero-order valence-corrected chi connectivity index (χ0v) is 14.6. The third-order valence-corrected chi connectivity index (χ3v) is 5.50. The lowest BCUT2D eigenvalue weighted by Crippen LogP contribution is -2.27. The molecule has 2 rings (SSSR count). The number of ether oxygens (including phenoxy) is 1. The maximum absolute atomic E-state index is 11.8. The van der Waals surface area contributed by atoms with E-state index in [0.717, 1.165) is 15.4 Å². The minimum atomic E-state index is -1.27. The molecular formula is C17H19NO3S2. The predicted octanol–water partition coefficient (Wildman–Crippen LogP) is 3.36. The lowest BCUT2D eigenvalue weighted by Gasteiger charge is -2.22. The van der Waals surface area contributed by atoms with Crippen LogP contribution >= 0.6 is 23.5 Å². The molecule has 122 valence electrons. The Balaban J connectivity index is 2.34. The minimum Gasteiger partial charge on any atom is -0.467 e. The van der Waals surface area contributed by atoms with Gasteiger partial charge in [-0.15, -0.1) is 23.5 Å². The number of carbonyl (C=O) groups is 1. The van der Waals surface area contributed by atoms with Crippen LogP contribution in [0.1, 0.15) is 10.8 Å². The van der Waals surface area contributed by atoms with E-state index >= 15 is 0 Å². The highest BCUT2D eigenvalue weighted by Crippen LogP contribution is 2.40. The van der Waals surface area contributed by atoms with E-state index in [1.165, 1.54) is 18.9 Å². The van der Waals surface area contributed by atoms with Crippen LogP contribution in [0, 0.1) is 0 Å². The summed E-state index contributed by atoms with van der Waals surface area (Å²) in [6.07, 6.45) is 0.722. The molecule has 4 nitrogen and oxygen atoms in total. The average Bonchev–Trinajstić information content (AvgIpc) is 2.60. The summed E-state index contributed by atoms with van der Waals surface area (Å²) in [5.74, 6) is -0.661. The molecule has 0 fully saturated rings. The van der Waals surface area contributed by atoms with Crippen molar-refractivity contribution in [2.45, 2.75) is 21.1 Å². The summed E-state index contributed by atoms with van der Waals surface area (Å²) >= 11 is 2.98. The molecule has 23 heavy (non-hydrogen) atoms. The standard InChI is InChI=1S/C17H19NO3S2/c1-21-17(20)15(19)16(11-7-9-12(22-2)10-8-11)23-14-6-4-3-5-13(14)18/h3-10,15-16,19H,18H2,1-2H3. The molecule has 2 aromatic rings. The number of carbonyl (C=O) groups excluding carboxylic acids is 1. The van der Waals surface area contributed by atoms with Gasteiger partial charge in [0.05, 0.1) is 12.4 Å². The SMILES string of the molecule is COC(=O)C(O)C(Sc1ccccc1N)c1ccc(SC)cc1. The molecule has 2 aromatic carbocycles. The molecule has 0 aliphatic carbocycles. The minimum absolute atomic E-state index is 0.497. The molecule has 0 spiro atoms. The maximum Gasteiger partial charge on any atom is 0.336 e. The summed E-state index contributed by atoms with van der Waals surface area (Å²) in [5.41, 5.74) is 7.43. The first kappa shape index (κ1) is 17.7. The van der Waals surface area contributed by atoms with Gasteiger partial charge in [0.2, 0.25) is 0 Å². The Labute approximate surface area is 144 Å². The van der Waals surface area contributed by atoms with Crippen molar-refractivity contribution in [3.8, 4) is 0 Å². The van der Waals surface area contributed by atoms with Crippen LogP contribution in [0.4, 0.5) is 5.69 Å². The summed E-state index contributed by atoms with van der Waals surface area (Å²) in [5, 5.41) is 9.87. The zero-order chi connectivity index (χ0) is 16.8. The molecule has 0 bridgehead atoms.